The molecule has 0 aromatic rings. The number of rotatable bonds is 70. The van der Waals surface area contributed by atoms with Crippen molar-refractivity contribution in [3.05, 3.63) is 36.5 Å². The smallest absolute Gasteiger partial charge is 0.305 e. The monoisotopic (exact) mass is 1150 g/mol. The molecule has 6 nitrogen and oxygen atoms in total. The molecule has 0 heterocycles. The van der Waals surface area contributed by atoms with Crippen molar-refractivity contribution in [1.29, 1.82) is 0 Å². The van der Waals surface area contributed by atoms with Crippen molar-refractivity contribution in [3.8, 4) is 0 Å². The molecule has 6 heteroatoms. The quantitative estimate of drug-likeness (QED) is 0.0320. The molecule has 82 heavy (non-hydrogen) atoms. The summed E-state index contributed by atoms with van der Waals surface area (Å²) in [4.78, 5) is 24.7. The molecule has 3 N–H and O–H groups in total. The van der Waals surface area contributed by atoms with E-state index in [4.69, 9.17) is 4.74 Å². The minimum atomic E-state index is -0.669. The zero-order chi connectivity index (χ0) is 59.2. The van der Waals surface area contributed by atoms with Crippen LogP contribution < -0.4 is 5.32 Å². The average molecular weight is 1150 g/mol. The first-order valence-corrected chi connectivity index (χ1v) is 37.2. The van der Waals surface area contributed by atoms with Gasteiger partial charge >= 0.3 is 5.97 Å². The molecule has 0 spiro atoms. The topological polar surface area (TPSA) is 95.9 Å². The number of unbranched alkanes of at least 4 members (excludes halogenated alkanes) is 53. The lowest BCUT2D eigenvalue weighted by atomic mass is 10.0. The Morgan fingerprint density at radius 2 is 0.610 bits per heavy atom. The Morgan fingerprint density at radius 3 is 0.963 bits per heavy atom. The first-order valence-electron chi connectivity index (χ1n) is 37.2. The van der Waals surface area contributed by atoms with E-state index in [0.29, 0.717) is 25.9 Å². The Hall–Kier alpha value is -1.92. The van der Waals surface area contributed by atoms with Gasteiger partial charge in [-0.3, -0.25) is 9.59 Å². The average Bonchev–Trinajstić information content (AvgIpc) is 3.48. The number of esters is 1. The summed E-state index contributed by atoms with van der Waals surface area (Å²) >= 11 is 0. The summed E-state index contributed by atoms with van der Waals surface area (Å²) in [6, 6.07) is -0.547. The lowest BCUT2D eigenvalue weighted by molar-refractivity contribution is -0.143. The Kier molecular flexibility index (Phi) is 69.9. The van der Waals surface area contributed by atoms with Gasteiger partial charge in [-0.25, -0.2) is 0 Å². The summed E-state index contributed by atoms with van der Waals surface area (Å²) in [5, 5.41) is 23.4. The van der Waals surface area contributed by atoms with Gasteiger partial charge in [-0.05, 0) is 83.5 Å². The van der Waals surface area contributed by atoms with Crippen molar-refractivity contribution < 1.29 is 24.5 Å². The van der Waals surface area contributed by atoms with Gasteiger partial charge in [0.1, 0.15) is 0 Å². The third kappa shape index (κ3) is 67.2. The summed E-state index contributed by atoms with van der Waals surface area (Å²) in [6.07, 6.45) is 92.0. The third-order valence-electron chi connectivity index (χ3n) is 17.4. The van der Waals surface area contributed by atoms with Crippen LogP contribution in [0.1, 0.15) is 412 Å². The second kappa shape index (κ2) is 71.6. The number of carbonyl (C=O) groups excluding carboxylic acids is 2. The van der Waals surface area contributed by atoms with Crippen molar-refractivity contribution >= 4 is 11.9 Å². The summed E-state index contributed by atoms with van der Waals surface area (Å²) in [7, 11) is 0. The van der Waals surface area contributed by atoms with Crippen LogP contribution in [0.5, 0.6) is 0 Å². The molecule has 0 aromatic heterocycles. The van der Waals surface area contributed by atoms with Crippen molar-refractivity contribution in [1.82, 2.24) is 5.32 Å². The fourth-order valence-corrected chi connectivity index (χ4v) is 11.7. The lowest BCUT2D eigenvalue weighted by Gasteiger charge is -2.22. The van der Waals surface area contributed by atoms with Crippen LogP contribution in [0.2, 0.25) is 0 Å². The number of aliphatic hydroxyl groups is 2. The predicted octanol–water partition coefficient (Wildman–Crippen LogP) is 24.3. The van der Waals surface area contributed by atoms with Gasteiger partial charge in [0.2, 0.25) is 5.91 Å². The van der Waals surface area contributed by atoms with E-state index in [-0.39, 0.29) is 18.5 Å². The van der Waals surface area contributed by atoms with Crippen LogP contribution >= 0.6 is 0 Å². The van der Waals surface area contributed by atoms with E-state index in [1.165, 1.54) is 327 Å². The predicted molar refractivity (Wildman–Crippen MR) is 361 cm³/mol. The molecule has 0 bridgehead atoms. The maximum Gasteiger partial charge on any atom is 0.305 e. The van der Waals surface area contributed by atoms with E-state index in [9.17, 15) is 19.8 Å². The van der Waals surface area contributed by atoms with E-state index in [1.807, 2.05) is 0 Å². The Balaban J connectivity index is 3.39. The largest absolute Gasteiger partial charge is 0.466 e. The number of allylic oxidation sites excluding steroid dienone is 6. The second-order valence-electron chi connectivity index (χ2n) is 25.6. The van der Waals surface area contributed by atoms with E-state index in [0.717, 1.165) is 51.4 Å². The minimum absolute atomic E-state index is 0.00960. The molecule has 0 aliphatic carbocycles. The SMILES string of the molecule is CCCCC/C=C\C/C=C\CCCCCCCCCCCC(=O)OCCCCCCCCCCCCCC/C=C\CCCCCCCCCCC(=O)NC(CO)C(O)CCCCCCCCCCCCCCCCCCCCCCCC. The number of carbonyl (C=O) groups is 2. The summed E-state index contributed by atoms with van der Waals surface area (Å²) in [5.41, 5.74) is 0. The van der Waals surface area contributed by atoms with Gasteiger partial charge in [0.15, 0.2) is 0 Å². The Labute approximate surface area is 513 Å². The molecular weight excluding hydrogens is 1010 g/mol. The molecule has 1 amide bonds. The Morgan fingerprint density at radius 1 is 0.341 bits per heavy atom. The standard InChI is InChI=1S/C76H145NO5/c1-3-5-7-9-11-13-15-17-19-21-23-24-29-33-36-40-44-48-52-56-60-64-68-74(79)73(72-78)77-75(80)69-65-61-57-53-49-45-41-37-34-30-27-25-26-28-31-35-39-43-47-51-55-59-63-67-71-82-76(81)70-66-62-58-54-50-46-42-38-32-22-20-18-16-14-12-10-8-6-4-2/h12,14,18,20,27,30,73-74,78-79H,3-11,13,15-17,19,21-26,28-29,31-72H2,1-2H3,(H,77,80)/b14-12-,20-18-,30-27-. The zero-order valence-electron chi connectivity index (χ0n) is 55.5. The highest BCUT2D eigenvalue weighted by Crippen LogP contribution is 2.19. The summed E-state index contributed by atoms with van der Waals surface area (Å²) in [6.45, 7) is 4.96. The number of ether oxygens (including phenoxy) is 1. The molecular formula is C76H145NO5. The van der Waals surface area contributed by atoms with Gasteiger partial charge in [-0.1, -0.05) is 352 Å². The summed E-state index contributed by atoms with van der Waals surface area (Å²) in [5.74, 6) is -0.0256. The molecule has 0 fully saturated rings. The fraction of sp³-hybridized carbons (Fsp3) is 0.895. The maximum absolute atomic E-state index is 12.6. The van der Waals surface area contributed by atoms with Crippen LogP contribution in [0.4, 0.5) is 0 Å². The number of nitrogens with one attached hydrogen (secondary N) is 1. The fourth-order valence-electron chi connectivity index (χ4n) is 11.7. The number of aliphatic hydroxyl groups excluding tert-OH is 2. The lowest BCUT2D eigenvalue weighted by Crippen LogP contribution is -2.45. The van der Waals surface area contributed by atoms with E-state index >= 15 is 0 Å². The van der Waals surface area contributed by atoms with E-state index < -0.39 is 12.1 Å². The number of hydrogen-bond donors (Lipinski definition) is 3. The highest BCUT2D eigenvalue weighted by Gasteiger charge is 2.20. The van der Waals surface area contributed by atoms with Gasteiger partial charge in [0.25, 0.3) is 0 Å². The number of hydrogen-bond acceptors (Lipinski definition) is 5. The number of amides is 1. The first-order chi connectivity index (χ1) is 40.5. The van der Waals surface area contributed by atoms with Gasteiger partial charge < -0.3 is 20.3 Å². The van der Waals surface area contributed by atoms with Crippen LogP contribution in [0.15, 0.2) is 36.5 Å². The second-order valence-corrected chi connectivity index (χ2v) is 25.6. The normalized spacial score (nSPS) is 12.7. The van der Waals surface area contributed by atoms with Crippen LogP contribution in [-0.2, 0) is 14.3 Å². The molecule has 2 atom stereocenters. The van der Waals surface area contributed by atoms with Crippen molar-refractivity contribution in [3.63, 3.8) is 0 Å². The van der Waals surface area contributed by atoms with Crippen molar-refractivity contribution in [2.75, 3.05) is 13.2 Å². The highest BCUT2D eigenvalue weighted by atomic mass is 16.5. The molecule has 484 valence electrons. The maximum atomic E-state index is 12.6. The van der Waals surface area contributed by atoms with Gasteiger partial charge in [-0.2, -0.15) is 0 Å². The first kappa shape index (κ1) is 80.1. The van der Waals surface area contributed by atoms with Crippen LogP contribution in [0.25, 0.3) is 0 Å². The van der Waals surface area contributed by atoms with E-state index in [2.05, 4.69) is 55.6 Å². The Bertz CT molecular complexity index is 1330. The molecule has 0 aromatic carbocycles. The molecule has 0 radical (unpaired) electrons. The third-order valence-corrected chi connectivity index (χ3v) is 17.4. The molecule has 0 rings (SSSR count). The van der Waals surface area contributed by atoms with Crippen molar-refractivity contribution in [2.24, 2.45) is 0 Å². The molecule has 2 unspecified atom stereocenters. The molecule has 0 saturated heterocycles. The highest BCUT2D eigenvalue weighted by molar-refractivity contribution is 5.76. The van der Waals surface area contributed by atoms with Crippen LogP contribution in [0.3, 0.4) is 0 Å². The van der Waals surface area contributed by atoms with Crippen LogP contribution in [-0.4, -0.2) is 47.4 Å². The van der Waals surface area contributed by atoms with Gasteiger partial charge in [0, 0.05) is 12.8 Å². The minimum Gasteiger partial charge on any atom is -0.466 e. The van der Waals surface area contributed by atoms with Crippen LogP contribution in [0, 0.1) is 0 Å². The molecule has 0 aliphatic heterocycles. The van der Waals surface area contributed by atoms with Gasteiger partial charge in [-0.15, -0.1) is 0 Å². The van der Waals surface area contributed by atoms with Gasteiger partial charge in [0.05, 0.1) is 25.4 Å². The van der Waals surface area contributed by atoms with Crippen molar-refractivity contribution in [2.45, 2.75) is 424 Å². The summed E-state index contributed by atoms with van der Waals surface area (Å²) < 4.78 is 5.51. The van der Waals surface area contributed by atoms with E-state index in [1.54, 1.807) is 0 Å². The molecule has 0 saturated carbocycles. The molecule has 0 aliphatic rings. The zero-order valence-corrected chi connectivity index (χ0v) is 55.5.